The molecule has 4 nitrogen and oxygen atoms in total. The van der Waals surface area contributed by atoms with E-state index in [9.17, 15) is 4.79 Å². The minimum absolute atomic E-state index is 0.292. The number of rotatable bonds is 7. The van der Waals surface area contributed by atoms with Crippen molar-refractivity contribution in [2.24, 2.45) is 0 Å². The maximum absolute atomic E-state index is 12.5. The van der Waals surface area contributed by atoms with Gasteiger partial charge in [-0.05, 0) is 51.0 Å². The van der Waals surface area contributed by atoms with Crippen molar-refractivity contribution < 1.29 is 14.3 Å². The molecule has 0 spiro atoms. The third kappa shape index (κ3) is 4.06. The van der Waals surface area contributed by atoms with Crippen molar-refractivity contribution in [3.05, 3.63) is 77.6 Å². The molecule has 0 aliphatic carbocycles. The number of aromatic nitrogens is 1. The fourth-order valence-corrected chi connectivity index (χ4v) is 3.08. The second-order valence-corrected chi connectivity index (χ2v) is 7.18. The van der Waals surface area contributed by atoms with Gasteiger partial charge in [-0.2, -0.15) is 0 Å². The van der Waals surface area contributed by atoms with Crippen LogP contribution in [0, 0.1) is 0 Å². The third-order valence-electron chi connectivity index (χ3n) is 4.86. The van der Waals surface area contributed by atoms with Crippen molar-refractivity contribution in [2.75, 3.05) is 6.61 Å². The summed E-state index contributed by atoms with van der Waals surface area (Å²) in [7, 11) is 0. The SMILES string of the molecule is CCOC(=O)c1cc([C@@H](OC(C)(C)CC)c2ccccc2)n2ccccc12. The zero-order chi connectivity index (χ0) is 19.4. The van der Waals surface area contributed by atoms with Crippen LogP contribution >= 0.6 is 0 Å². The molecule has 1 aromatic carbocycles. The summed E-state index contributed by atoms with van der Waals surface area (Å²) in [5.74, 6) is -0.311. The first kappa shape index (κ1) is 19.2. The fraction of sp³-hybridized carbons (Fsp3) is 0.348. The molecule has 0 saturated carbocycles. The Labute approximate surface area is 160 Å². The van der Waals surface area contributed by atoms with Gasteiger partial charge in [-0.15, -0.1) is 0 Å². The summed E-state index contributed by atoms with van der Waals surface area (Å²) in [6.45, 7) is 8.45. The minimum atomic E-state index is -0.311. The Morgan fingerprint density at radius 2 is 1.78 bits per heavy atom. The zero-order valence-electron chi connectivity index (χ0n) is 16.4. The summed E-state index contributed by atoms with van der Waals surface area (Å²) in [5, 5.41) is 0. The number of ether oxygens (including phenoxy) is 2. The lowest BCUT2D eigenvalue weighted by Crippen LogP contribution is -2.27. The zero-order valence-corrected chi connectivity index (χ0v) is 16.4. The molecule has 0 aliphatic heterocycles. The van der Waals surface area contributed by atoms with E-state index in [0.29, 0.717) is 12.2 Å². The Morgan fingerprint density at radius 3 is 2.44 bits per heavy atom. The van der Waals surface area contributed by atoms with Crippen LogP contribution in [0.25, 0.3) is 5.52 Å². The molecular weight excluding hydrogens is 338 g/mol. The Kier molecular flexibility index (Phi) is 5.66. The van der Waals surface area contributed by atoms with Crippen molar-refractivity contribution in [3.63, 3.8) is 0 Å². The smallest absolute Gasteiger partial charge is 0.340 e. The largest absolute Gasteiger partial charge is 0.462 e. The van der Waals surface area contributed by atoms with Crippen LogP contribution in [-0.4, -0.2) is 22.6 Å². The molecule has 4 heteroatoms. The highest BCUT2D eigenvalue weighted by atomic mass is 16.5. The predicted octanol–water partition coefficient (Wildman–Crippen LogP) is 5.41. The molecule has 0 bridgehead atoms. The van der Waals surface area contributed by atoms with Crippen molar-refractivity contribution in [3.8, 4) is 0 Å². The van der Waals surface area contributed by atoms with Crippen LogP contribution in [0.5, 0.6) is 0 Å². The molecule has 0 aliphatic rings. The third-order valence-corrected chi connectivity index (χ3v) is 4.86. The van der Waals surface area contributed by atoms with E-state index in [2.05, 4.69) is 32.9 Å². The van der Waals surface area contributed by atoms with Gasteiger partial charge in [0.2, 0.25) is 0 Å². The maximum atomic E-state index is 12.5. The molecule has 0 saturated heterocycles. The highest BCUT2D eigenvalue weighted by Gasteiger charge is 2.28. The first-order valence-corrected chi connectivity index (χ1v) is 9.46. The number of esters is 1. The Hall–Kier alpha value is -2.59. The summed E-state index contributed by atoms with van der Waals surface area (Å²) >= 11 is 0. The van der Waals surface area contributed by atoms with Gasteiger partial charge in [-0.3, -0.25) is 0 Å². The Morgan fingerprint density at radius 1 is 1.07 bits per heavy atom. The van der Waals surface area contributed by atoms with Crippen LogP contribution in [0.3, 0.4) is 0 Å². The van der Waals surface area contributed by atoms with Crippen molar-refractivity contribution in [1.29, 1.82) is 0 Å². The van der Waals surface area contributed by atoms with Gasteiger partial charge in [0.25, 0.3) is 0 Å². The van der Waals surface area contributed by atoms with E-state index >= 15 is 0 Å². The first-order chi connectivity index (χ1) is 13.0. The minimum Gasteiger partial charge on any atom is -0.462 e. The van der Waals surface area contributed by atoms with Gasteiger partial charge in [-0.1, -0.05) is 43.3 Å². The van der Waals surface area contributed by atoms with E-state index in [1.807, 2.05) is 60.0 Å². The Bertz CT molecular complexity index is 912. The first-order valence-electron chi connectivity index (χ1n) is 9.46. The molecule has 2 aromatic heterocycles. The molecule has 0 unspecified atom stereocenters. The summed E-state index contributed by atoms with van der Waals surface area (Å²) in [6, 6.07) is 17.8. The van der Waals surface area contributed by atoms with E-state index < -0.39 is 0 Å². The molecule has 0 fully saturated rings. The van der Waals surface area contributed by atoms with E-state index in [-0.39, 0.29) is 17.7 Å². The summed E-state index contributed by atoms with van der Waals surface area (Å²) in [5.41, 5.74) is 3.05. The molecule has 0 amide bonds. The van der Waals surface area contributed by atoms with Gasteiger partial charge in [-0.25, -0.2) is 4.79 Å². The van der Waals surface area contributed by atoms with E-state index in [4.69, 9.17) is 9.47 Å². The quantitative estimate of drug-likeness (QED) is 0.526. The van der Waals surface area contributed by atoms with Crippen LogP contribution in [0.15, 0.2) is 60.8 Å². The van der Waals surface area contributed by atoms with E-state index in [1.54, 1.807) is 0 Å². The average Bonchev–Trinajstić information content (AvgIpc) is 3.07. The molecular formula is C23H27NO3. The molecule has 0 N–H and O–H groups in total. The summed E-state index contributed by atoms with van der Waals surface area (Å²) < 4.78 is 13.8. The van der Waals surface area contributed by atoms with E-state index in [0.717, 1.165) is 23.2 Å². The monoisotopic (exact) mass is 365 g/mol. The summed E-state index contributed by atoms with van der Waals surface area (Å²) in [6.07, 6.45) is 2.55. The topological polar surface area (TPSA) is 39.9 Å². The maximum Gasteiger partial charge on any atom is 0.340 e. The van der Waals surface area contributed by atoms with Crippen LogP contribution in [0.2, 0.25) is 0 Å². The van der Waals surface area contributed by atoms with Crippen LogP contribution in [0.1, 0.15) is 61.8 Å². The molecule has 142 valence electrons. The number of pyridine rings is 1. The predicted molar refractivity (Wildman–Crippen MR) is 107 cm³/mol. The number of nitrogens with zero attached hydrogens (tertiary/aromatic N) is 1. The van der Waals surface area contributed by atoms with Gasteiger partial charge < -0.3 is 13.9 Å². The number of hydrogen-bond acceptors (Lipinski definition) is 3. The van der Waals surface area contributed by atoms with Gasteiger partial charge in [0.15, 0.2) is 0 Å². The highest BCUT2D eigenvalue weighted by molar-refractivity contribution is 5.97. The van der Waals surface area contributed by atoms with Gasteiger partial charge >= 0.3 is 5.97 Å². The lowest BCUT2D eigenvalue weighted by Gasteiger charge is -2.30. The molecule has 3 aromatic rings. The van der Waals surface area contributed by atoms with Crippen LogP contribution in [0.4, 0.5) is 0 Å². The van der Waals surface area contributed by atoms with E-state index in [1.165, 1.54) is 0 Å². The molecule has 3 rings (SSSR count). The average molecular weight is 365 g/mol. The highest BCUT2D eigenvalue weighted by Crippen LogP contribution is 2.34. The van der Waals surface area contributed by atoms with Crippen molar-refractivity contribution >= 4 is 11.5 Å². The molecule has 27 heavy (non-hydrogen) atoms. The fourth-order valence-electron chi connectivity index (χ4n) is 3.08. The van der Waals surface area contributed by atoms with Crippen molar-refractivity contribution in [2.45, 2.75) is 45.8 Å². The number of hydrogen-bond donors (Lipinski definition) is 0. The standard InChI is InChI=1S/C23H27NO3/c1-5-23(3,4)27-21(17-12-8-7-9-13-17)20-16-18(22(25)26-6-2)19-14-10-11-15-24(19)20/h7-16,21H,5-6H2,1-4H3/t21-/m0/s1. The Balaban J connectivity index is 2.17. The lowest BCUT2D eigenvalue weighted by molar-refractivity contribution is -0.0597. The number of carbonyl (C=O) groups excluding carboxylic acids is 1. The summed E-state index contributed by atoms with van der Waals surface area (Å²) in [4.78, 5) is 12.5. The van der Waals surface area contributed by atoms with Gasteiger partial charge in [0.1, 0.15) is 6.10 Å². The molecule has 1 atom stereocenters. The number of benzene rings is 1. The van der Waals surface area contributed by atoms with Crippen LogP contribution in [-0.2, 0) is 9.47 Å². The van der Waals surface area contributed by atoms with Crippen molar-refractivity contribution in [1.82, 2.24) is 4.40 Å². The lowest BCUT2D eigenvalue weighted by atomic mass is 10.0. The van der Waals surface area contributed by atoms with Crippen LogP contribution < -0.4 is 0 Å². The number of fused-ring (bicyclic) bond motifs is 1. The van der Waals surface area contributed by atoms with Gasteiger partial charge in [0, 0.05) is 6.20 Å². The normalized spacial score (nSPS) is 12.9. The van der Waals surface area contributed by atoms with Gasteiger partial charge in [0.05, 0.1) is 29.0 Å². The molecule has 0 radical (unpaired) electrons. The number of carbonyl (C=O) groups is 1. The second-order valence-electron chi connectivity index (χ2n) is 7.18. The molecule has 2 heterocycles. The second kappa shape index (κ2) is 7.97.